The maximum Gasteiger partial charge on any atom is 0.211 e. The van der Waals surface area contributed by atoms with Gasteiger partial charge in [0.15, 0.2) is 5.96 Å². The molecule has 1 heterocycles. The van der Waals surface area contributed by atoms with E-state index in [0.717, 1.165) is 31.9 Å². The quantitative estimate of drug-likeness (QED) is 0.384. The third kappa shape index (κ3) is 7.10. The Hall–Kier alpha value is -0.870. The number of aliphatic imine (C=N–C) groups is 1. The van der Waals surface area contributed by atoms with Crippen LogP contribution in [0.15, 0.2) is 29.3 Å². The zero-order valence-corrected chi connectivity index (χ0v) is 18.3. The van der Waals surface area contributed by atoms with Crippen LogP contribution in [0.2, 0.25) is 0 Å². The van der Waals surface area contributed by atoms with Crippen molar-refractivity contribution in [1.82, 2.24) is 14.9 Å². The monoisotopic (exact) mass is 480 g/mol. The summed E-state index contributed by atoms with van der Waals surface area (Å²) >= 11 is 0. The van der Waals surface area contributed by atoms with Crippen molar-refractivity contribution in [2.24, 2.45) is 10.9 Å². The van der Waals surface area contributed by atoms with E-state index in [1.165, 1.54) is 17.4 Å². The van der Waals surface area contributed by atoms with Gasteiger partial charge in [0, 0.05) is 33.2 Å². The van der Waals surface area contributed by atoms with E-state index in [1.54, 1.807) is 11.4 Å². The molecular formula is C17H29IN4O2S. The molecular weight excluding hydrogens is 451 g/mol. The molecule has 0 spiro atoms. The fraction of sp³-hybridized carbons (Fsp3) is 0.588. The summed E-state index contributed by atoms with van der Waals surface area (Å²) in [4.78, 5) is 4.26. The molecule has 0 aliphatic carbocycles. The van der Waals surface area contributed by atoms with Crippen molar-refractivity contribution < 1.29 is 8.42 Å². The molecule has 8 heteroatoms. The highest BCUT2D eigenvalue weighted by Crippen LogP contribution is 2.18. The van der Waals surface area contributed by atoms with Gasteiger partial charge < -0.3 is 10.6 Å². The highest BCUT2D eigenvalue weighted by Gasteiger charge is 2.24. The van der Waals surface area contributed by atoms with Crippen LogP contribution in [-0.2, 0) is 16.6 Å². The Labute approximate surface area is 168 Å². The van der Waals surface area contributed by atoms with E-state index in [9.17, 15) is 8.42 Å². The minimum atomic E-state index is -3.05. The minimum absolute atomic E-state index is 0. The summed E-state index contributed by atoms with van der Waals surface area (Å²) in [6, 6.07) is 8.28. The Kier molecular flexibility index (Phi) is 9.15. The van der Waals surface area contributed by atoms with Gasteiger partial charge in [-0.25, -0.2) is 12.7 Å². The molecule has 1 aliphatic rings. The predicted octanol–water partition coefficient (Wildman–Crippen LogP) is 1.95. The largest absolute Gasteiger partial charge is 0.356 e. The van der Waals surface area contributed by atoms with Crippen LogP contribution in [0.3, 0.4) is 0 Å². The van der Waals surface area contributed by atoms with Crippen LogP contribution >= 0.6 is 24.0 Å². The summed E-state index contributed by atoms with van der Waals surface area (Å²) in [6.07, 6.45) is 3.05. The van der Waals surface area contributed by atoms with Gasteiger partial charge in [-0.3, -0.25) is 4.99 Å². The van der Waals surface area contributed by atoms with Gasteiger partial charge in [-0.15, -0.1) is 24.0 Å². The van der Waals surface area contributed by atoms with Crippen LogP contribution in [0, 0.1) is 12.8 Å². The Morgan fingerprint density at radius 2 is 1.88 bits per heavy atom. The molecule has 25 heavy (non-hydrogen) atoms. The van der Waals surface area contributed by atoms with E-state index in [2.05, 4.69) is 34.7 Å². The molecule has 0 saturated carbocycles. The standard InChI is InChI=1S/C17H28N4O2S.HI/c1-14-6-4-5-7-16(14)13-20-17(18-2)19-12-15-8-10-21(11-9-15)24(3,22)23;/h4-7,15H,8-13H2,1-3H3,(H2,18,19,20);1H. The SMILES string of the molecule is CN=C(NCc1ccccc1C)NCC1CCN(S(C)(=O)=O)CC1.I. The van der Waals surface area contributed by atoms with Gasteiger partial charge in [0.2, 0.25) is 10.0 Å². The number of benzene rings is 1. The van der Waals surface area contributed by atoms with Crippen LogP contribution in [0.1, 0.15) is 24.0 Å². The number of piperidine rings is 1. The van der Waals surface area contributed by atoms with Crippen molar-refractivity contribution in [3.8, 4) is 0 Å². The third-order valence-electron chi connectivity index (χ3n) is 4.53. The first-order valence-electron chi connectivity index (χ1n) is 8.34. The Balaban J connectivity index is 0.00000312. The average Bonchev–Trinajstić information content (AvgIpc) is 2.56. The molecule has 1 aromatic carbocycles. The summed E-state index contributed by atoms with van der Waals surface area (Å²) in [6.45, 7) is 4.87. The normalized spacial score (nSPS) is 17.0. The minimum Gasteiger partial charge on any atom is -0.356 e. The summed E-state index contributed by atoms with van der Waals surface area (Å²) in [5, 5.41) is 6.69. The van der Waals surface area contributed by atoms with Crippen molar-refractivity contribution in [2.75, 3.05) is 32.9 Å². The number of sulfonamides is 1. The Morgan fingerprint density at radius 1 is 1.24 bits per heavy atom. The summed E-state index contributed by atoms with van der Waals surface area (Å²) in [5.74, 6) is 1.25. The molecule has 6 nitrogen and oxygen atoms in total. The van der Waals surface area contributed by atoms with E-state index in [-0.39, 0.29) is 24.0 Å². The third-order valence-corrected chi connectivity index (χ3v) is 5.84. The van der Waals surface area contributed by atoms with E-state index in [1.807, 2.05) is 12.1 Å². The number of nitrogens with one attached hydrogen (secondary N) is 2. The first-order valence-corrected chi connectivity index (χ1v) is 10.2. The summed E-state index contributed by atoms with van der Waals surface area (Å²) < 4.78 is 24.6. The summed E-state index contributed by atoms with van der Waals surface area (Å²) in [7, 11) is -1.29. The number of halogens is 1. The lowest BCUT2D eigenvalue weighted by Crippen LogP contribution is -2.43. The molecule has 0 amide bonds. The van der Waals surface area contributed by atoms with Crippen molar-refractivity contribution >= 4 is 40.0 Å². The molecule has 1 aromatic rings. The topological polar surface area (TPSA) is 73.8 Å². The molecule has 142 valence electrons. The zero-order chi connectivity index (χ0) is 17.6. The lowest BCUT2D eigenvalue weighted by Gasteiger charge is -2.30. The van der Waals surface area contributed by atoms with Crippen LogP contribution in [0.5, 0.6) is 0 Å². The van der Waals surface area contributed by atoms with Gasteiger partial charge >= 0.3 is 0 Å². The molecule has 1 saturated heterocycles. The molecule has 0 unspecified atom stereocenters. The second-order valence-corrected chi connectivity index (χ2v) is 8.32. The zero-order valence-electron chi connectivity index (χ0n) is 15.2. The van der Waals surface area contributed by atoms with Gasteiger partial charge in [0.05, 0.1) is 6.26 Å². The Morgan fingerprint density at radius 3 is 2.44 bits per heavy atom. The first kappa shape index (κ1) is 22.2. The second-order valence-electron chi connectivity index (χ2n) is 6.34. The smallest absolute Gasteiger partial charge is 0.211 e. The van der Waals surface area contributed by atoms with Crippen LogP contribution in [0.4, 0.5) is 0 Å². The van der Waals surface area contributed by atoms with E-state index in [4.69, 9.17) is 0 Å². The molecule has 1 fully saturated rings. The van der Waals surface area contributed by atoms with Crippen molar-refractivity contribution in [3.05, 3.63) is 35.4 Å². The maximum absolute atomic E-state index is 11.5. The molecule has 0 bridgehead atoms. The second kappa shape index (κ2) is 10.3. The van der Waals surface area contributed by atoms with Gasteiger partial charge in [0.1, 0.15) is 0 Å². The predicted molar refractivity (Wildman–Crippen MR) is 114 cm³/mol. The molecule has 2 N–H and O–H groups in total. The molecule has 0 radical (unpaired) electrons. The van der Waals surface area contributed by atoms with Crippen LogP contribution in [0.25, 0.3) is 0 Å². The van der Waals surface area contributed by atoms with Gasteiger partial charge in [-0.1, -0.05) is 24.3 Å². The van der Waals surface area contributed by atoms with Gasteiger partial charge in [0.25, 0.3) is 0 Å². The lowest BCUT2D eigenvalue weighted by atomic mass is 9.98. The number of hydrogen-bond acceptors (Lipinski definition) is 3. The molecule has 0 aromatic heterocycles. The number of nitrogens with zero attached hydrogens (tertiary/aromatic N) is 2. The van der Waals surface area contributed by atoms with E-state index in [0.29, 0.717) is 19.0 Å². The number of aryl methyl sites for hydroxylation is 1. The number of rotatable bonds is 5. The average molecular weight is 480 g/mol. The molecule has 2 rings (SSSR count). The van der Waals surface area contributed by atoms with Crippen molar-refractivity contribution in [1.29, 1.82) is 0 Å². The number of guanidine groups is 1. The van der Waals surface area contributed by atoms with Gasteiger partial charge in [-0.2, -0.15) is 0 Å². The first-order chi connectivity index (χ1) is 11.4. The molecule has 0 atom stereocenters. The number of hydrogen-bond donors (Lipinski definition) is 2. The van der Waals surface area contributed by atoms with Crippen LogP contribution in [-0.4, -0.2) is 51.6 Å². The highest BCUT2D eigenvalue weighted by molar-refractivity contribution is 14.0. The highest BCUT2D eigenvalue weighted by atomic mass is 127. The van der Waals surface area contributed by atoms with Gasteiger partial charge in [-0.05, 0) is 36.8 Å². The fourth-order valence-corrected chi connectivity index (χ4v) is 3.77. The fourth-order valence-electron chi connectivity index (χ4n) is 2.89. The van der Waals surface area contributed by atoms with Crippen molar-refractivity contribution in [2.45, 2.75) is 26.3 Å². The van der Waals surface area contributed by atoms with E-state index < -0.39 is 10.0 Å². The van der Waals surface area contributed by atoms with Crippen molar-refractivity contribution in [3.63, 3.8) is 0 Å². The molecule has 1 aliphatic heterocycles. The lowest BCUT2D eigenvalue weighted by molar-refractivity contribution is 0.275. The van der Waals surface area contributed by atoms with E-state index >= 15 is 0 Å². The van der Waals surface area contributed by atoms with Crippen LogP contribution < -0.4 is 10.6 Å². The maximum atomic E-state index is 11.5. The summed E-state index contributed by atoms with van der Waals surface area (Å²) in [5.41, 5.74) is 2.51. The Bertz CT molecular complexity index is 671.